The molecule has 0 unspecified atom stereocenters. The minimum absolute atomic E-state index is 0.378. The predicted molar refractivity (Wildman–Crippen MR) is 121 cm³/mol. The molecule has 0 bridgehead atoms. The molecular formula is C26H25BrF2O. The van der Waals surface area contributed by atoms with E-state index >= 15 is 0 Å². The van der Waals surface area contributed by atoms with E-state index in [1.807, 2.05) is 18.2 Å². The Morgan fingerprint density at radius 3 is 2.33 bits per heavy atom. The summed E-state index contributed by atoms with van der Waals surface area (Å²) in [4.78, 5) is 0. The molecule has 0 saturated heterocycles. The van der Waals surface area contributed by atoms with E-state index in [9.17, 15) is 8.78 Å². The van der Waals surface area contributed by atoms with E-state index < -0.39 is 11.6 Å². The lowest BCUT2D eigenvalue weighted by atomic mass is 9.84. The van der Waals surface area contributed by atoms with E-state index in [-0.39, 0.29) is 0 Å². The quantitative estimate of drug-likeness (QED) is 0.330. The Morgan fingerprint density at radius 2 is 1.63 bits per heavy atom. The van der Waals surface area contributed by atoms with Gasteiger partial charge in [-0.1, -0.05) is 65.5 Å². The highest BCUT2D eigenvalue weighted by Gasteiger charge is 2.15. The van der Waals surface area contributed by atoms with Gasteiger partial charge < -0.3 is 4.74 Å². The van der Waals surface area contributed by atoms with Crippen LogP contribution in [0, 0.1) is 11.6 Å². The SMILES string of the molecule is Fc1ccc(-c2ccc(OCc3ccc(C4CCCCC4)cc3)c(CBr)c2)c(F)c1. The van der Waals surface area contributed by atoms with Crippen LogP contribution in [0.1, 0.15) is 54.7 Å². The van der Waals surface area contributed by atoms with Gasteiger partial charge in [0.25, 0.3) is 0 Å². The molecule has 30 heavy (non-hydrogen) atoms. The fourth-order valence-electron chi connectivity index (χ4n) is 4.20. The van der Waals surface area contributed by atoms with Crippen molar-refractivity contribution in [2.24, 2.45) is 0 Å². The second-order valence-electron chi connectivity index (χ2n) is 7.95. The Kier molecular flexibility index (Phi) is 6.83. The van der Waals surface area contributed by atoms with Gasteiger partial charge in [-0.3, -0.25) is 0 Å². The van der Waals surface area contributed by atoms with Crippen LogP contribution >= 0.6 is 15.9 Å². The molecule has 0 radical (unpaired) electrons. The van der Waals surface area contributed by atoms with Crippen molar-refractivity contribution in [1.82, 2.24) is 0 Å². The summed E-state index contributed by atoms with van der Waals surface area (Å²) in [5, 5.41) is 0.583. The second kappa shape index (κ2) is 9.74. The van der Waals surface area contributed by atoms with Gasteiger partial charge in [0.1, 0.15) is 24.0 Å². The molecule has 0 atom stereocenters. The zero-order valence-corrected chi connectivity index (χ0v) is 18.4. The maximum atomic E-state index is 14.1. The van der Waals surface area contributed by atoms with Gasteiger partial charge >= 0.3 is 0 Å². The summed E-state index contributed by atoms with van der Waals surface area (Å²) in [6, 6.07) is 18.0. The number of hydrogen-bond donors (Lipinski definition) is 0. The fraction of sp³-hybridized carbons (Fsp3) is 0.308. The van der Waals surface area contributed by atoms with Crippen molar-refractivity contribution < 1.29 is 13.5 Å². The number of rotatable bonds is 6. The van der Waals surface area contributed by atoms with E-state index in [0.29, 0.717) is 29.0 Å². The zero-order valence-electron chi connectivity index (χ0n) is 16.8. The maximum absolute atomic E-state index is 14.1. The highest BCUT2D eigenvalue weighted by molar-refractivity contribution is 9.08. The first-order valence-corrected chi connectivity index (χ1v) is 11.6. The van der Waals surface area contributed by atoms with Crippen molar-refractivity contribution >= 4 is 15.9 Å². The van der Waals surface area contributed by atoms with Crippen molar-refractivity contribution in [2.45, 2.75) is 50.0 Å². The fourth-order valence-corrected chi connectivity index (χ4v) is 4.64. The molecule has 1 saturated carbocycles. The summed E-state index contributed by atoms with van der Waals surface area (Å²) < 4.78 is 33.4. The molecule has 0 spiro atoms. The van der Waals surface area contributed by atoms with Crippen molar-refractivity contribution in [1.29, 1.82) is 0 Å². The molecule has 0 aromatic heterocycles. The van der Waals surface area contributed by atoms with Crippen LogP contribution < -0.4 is 4.74 Å². The van der Waals surface area contributed by atoms with Gasteiger partial charge in [0, 0.05) is 22.5 Å². The van der Waals surface area contributed by atoms with Gasteiger partial charge in [0.05, 0.1) is 0 Å². The third-order valence-corrected chi connectivity index (χ3v) is 6.50. The van der Waals surface area contributed by atoms with Gasteiger partial charge in [-0.05, 0) is 59.7 Å². The first kappa shape index (κ1) is 21.0. The van der Waals surface area contributed by atoms with E-state index in [2.05, 4.69) is 40.2 Å². The number of alkyl halides is 1. The molecule has 156 valence electrons. The van der Waals surface area contributed by atoms with Gasteiger partial charge in [0.15, 0.2) is 0 Å². The molecule has 1 fully saturated rings. The van der Waals surface area contributed by atoms with Crippen LogP contribution in [-0.4, -0.2) is 0 Å². The summed E-state index contributed by atoms with van der Waals surface area (Å²) in [6.45, 7) is 0.481. The highest BCUT2D eigenvalue weighted by atomic mass is 79.9. The van der Waals surface area contributed by atoms with Crippen LogP contribution in [0.15, 0.2) is 60.7 Å². The number of benzene rings is 3. The number of hydrogen-bond acceptors (Lipinski definition) is 1. The van der Waals surface area contributed by atoms with E-state index in [0.717, 1.165) is 22.9 Å². The largest absolute Gasteiger partial charge is 0.489 e. The standard InChI is InChI=1S/C26H25BrF2O/c27-16-22-14-21(24-12-11-23(28)15-25(24)29)10-13-26(22)30-17-18-6-8-20(9-7-18)19-4-2-1-3-5-19/h6-15,19H,1-5,16-17H2. The van der Waals surface area contributed by atoms with Gasteiger partial charge in [0.2, 0.25) is 0 Å². The minimum Gasteiger partial charge on any atom is -0.489 e. The molecule has 1 aliphatic carbocycles. The monoisotopic (exact) mass is 470 g/mol. The Hall–Kier alpha value is -2.20. The lowest BCUT2D eigenvalue weighted by Crippen LogP contribution is -2.05. The molecule has 4 heteroatoms. The van der Waals surface area contributed by atoms with Gasteiger partial charge in [-0.25, -0.2) is 8.78 Å². The summed E-state index contributed by atoms with van der Waals surface area (Å²) in [7, 11) is 0. The average Bonchev–Trinajstić information content (AvgIpc) is 2.78. The second-order valence-corrected chi connectivity index (χ2v) is 8.51. The third-order valence-electron chi connectivity index (χ3n) is 5.90. The van der Waals surface area contributed by atoms with Crippen molar-refractivity contribution in [2.75, 3.05) is 0 Å². The molecular weight excluding hydrogens is 446 g/mol. The Labute approximate surface area is 185 Å². The van der Waals surface area contributed by atoms with Crippen LogP contribution in [0.2, 0.25) is 0 Å². The van der Waals surface area contributed by atoms with Crippen molar-refractivity contribution in [3.8, 4) is 16.9 Å². The van der Waals surface area contributed by atoms with Crippen LogP contribution in [0.5, 0.6) is 5.75 Å². The van der Waals surface area contributed by atoms with Crippen LogP contribution in [0.3, 0.4) is 0 Å². The first-order valence-electron chi connectivity index (χ1n) is 10.5. The predicted octanol–water partition coefficient (Wildman–Crippen LogP) is 8.15. The lowest BCUT2D eigenvalue weighted by molar-refractivity contribution is 0.304. The molecule has 0 N–H and O–H groups in total. The van der Waals surface area contributed by atoms with Crippen molar-refractivity contribution in [3.63, 3.8) is 0 Å². The molecule has 1 nitrogen and oxygen atoms in total. The number of ether oxygens (including phenoxy) is 1. The molecule has 0 aliphatic heterocycles. The average molecular weight is 471 g/mol. The zero-order chi connectivity index (χ0) is 20.9. The van der Waals surface area contributed by atoms with E-state index in [4.69, 9.17) is 4.74 Å². The van der Waals surface area contributed by atoms with Crippen LogP contribution in [-0.2, 0) is 11.9 Å². The molecule has 3 aromatic rings. The van der Waals surface area contributed by atoms with Crippen LogP contribution in [0.4, 0.5) is 8.78 Å². The molecule has 3 aromatic carbocycles. The first-order chi connectivity index (χ1) is 14.6. The van der Waals surface area contributed by atoms with Crippen LogP contribution in [0.25, 0.3) is 11.1 Å². The van der Waals surface area contributed by atoms with E-state index in [1.54, 1.807) is 0 Å². The maximum Gasteiger partial charge on any atom is 0.133 e. The molecule has 0 amide bonds. The van der Waals surface area contributed by atoms with Gasteiger partial charge in [-0.15, -0.1) is 0 Å². The smallest absolute Gasteiger partial charge is 0.133 e. The Morgan fingerprint density at radius 1 is 0.867 bits per heavy atom. The minimum atomic E-state index is -0.577. The summed E-state index contributed by atoms with van der Waals surface area (Å²) in [6.07, 6.45) is 6.63. The van der Waals surface area contributed by atoms with Gasteiger partial charge in [-0.2, -0.15) is 0 Å². The van der Waals surface area contributed by atoms with Crippen molar-refractivity contribution in [3.05, 3.63) is 89.0 Å². The summed E-state index contributed by atoms with van der Waals surface area (Å²) >= 11 is 3.49. The normalized spacial score (nSPS) is 14.6. The highest BCUT2D eigenvalue weighted by Crippen LogP contribution is 2.33. The summed E-state index contributed by atoms with van der Waals surface area (Å²) in [5.74, 6) is 0.316. The molecule has 4 rings (SSSR count). The Balaban J connectivity index is 1.45. The molecule has 0 heterocycles. The topological polar surface area (TPSA) is 9.23 Å². The summed E-state index contributed by atoms with van der Waals surface area (Å²) in [5.41, 5.74) is 4.57. The molecule has 1 aliphatic rings. The third kappa shape index (κ3) is 4.92. The lowest BCUT2D eigenvalue weighted by Gasteiger charge is -2.22. The van der Waals surface area contributed by atoms with E-state index in [1.165, 1.54) is 49.8 Å². The Bertz CT molecular complexity index is 994. The number of halogens is 3.